The van der Waals surface area contributed by atoms with Crippen LogP contribution >= 0.6 is 10.2 Å². The van der Waals surface area contributed by atoms with Gasteiger partial charge in [0.1, 0.15) is 4.90 Å². The van der Waals surface area contributed by atoms with Gasteiger partial charge in [-0.2, -0.15) is 0 Å². The van der Waals surface area contributed by atoms with Crippen LogP contribution in [0.1, 0.15) is 47.5 Å². The third-order valence-electron chi connectivity index (χ3n) is 3.72. The number of rotatable bonds is 4. The van der Waals surface area contributed by atoms with Crippen LogP contribution in [0, 0.1) is 5.41 Å². The molecular formula is C15H25F5OS. The molecule has 1 nitrogen and oxygen atoms in total. The van der Waals surface area contributed by atoms with Crippen molar-refractivity contribution in [2.24, 2.45) is 5.41 Å². The van der Waals surface area contributed by atoms with E-state index in [1.807, 2.05) is 13.8 Å². The molecule has 0 atom stereocenters. The molecule has 132 valence electrons. The molecule has 0 aliphatic rings. The summed E-state index contributed by atoms with van der Waals surface area (Å²) < 4.78 is 59.7. The molecule has 0 amide bonds. The Morgan fingerprint density at radius 3 is 1.50 bits per heavy atom. The standard InChI is InChI=1S/C9H20O.C6H5F5S/c1-6-7-8(2,3)9(4,5)10;7-12(8,9,10,11)6-4-2-1-3-5-6/h10H,6-7H2,1-5H3;1-5H. The first-order valence-electron chi connectivity index (χ1n) is 6.92. The SMILES string of the molecule is CCCC(C)(C)C(C)(C)O.FS(F)(F)(F)(F)c1ccccc1. The van der Waals surface area contributed by atoms with Crippen LogP contribution in [0.3, 0.4) is 0 Å². The third kappa shape index (κ3) is 6.96. The van der Waals surface area contributed by atoms with Gasteiger partial charge in [-0.05, 0) is 37.8 Å². The second-order valence-electron chi connectivity index (χ2n) is 6.47. The summed E-state index contributed by atoms with van der Waals surface area (Å²) in [4.78, 5) is -1.85. The molecule has 7 heteroatoms. The number of halogens is 5. The van der Waals surface area contributed by atoms with E-state index in [1.54, 1.807) is 0 Å². The fraction of sp³-hybridized carbons (Fsp3) is 0.600. The van der Waals surface area contributed by atoms with E-state index in [2.05, 4.69) is 20.8 Å². The van der Waals surface area contributed by atoms with Gasteiger partial charge in [0.05, 0.1) is 5.60 Å². The van der Waals surface area contributed by atoms with E-state index in [0.717, 1.165) is 25.0 Å². The molecule has 0 fully saturated rings. The monoisotopic (exact) mass is 348 g/mol. The average molecular weight is 348 g/mol. The summed E-state index contributed by atoms with van der Waals surface area (Å²) in [6, 6.07) is 3.82. The molecule has 1 aromatic carbocycles. The zero-order valence-electron chi connectivity index (χ0n) is 13.5. The lowest BCUT2D eigenvalue weighted by molar-refractivity contribution is -0.0396. The van der Waals surface area contributed by atoms with Crippen LogP contribution < -0.4 is 0 Å². The molecule has 1 N–H and O–H groups in total. The molecule has 0 unspecified atom stereocenters. The van der Waals surface area contributed by atoms with Gasteiger partial charge in [0.2, 0.25) is 0 Å². The number of aliphatic hydroxyl groups is 1. The minimum absolute atomic E-state index is 0.0434. The first-order chi connectivity index (χ1) is 9.40. The quantitative estimate of drug-likeness (QED) is 0.585. The molecule has 0 aliphatic heterocycles. The van der Waals surface area contributed by atoms with Crippen molar-refractivity contribution in [2.75, 3.05) is 0 Å². The van der Waals surface area contributed by atoms with Gasteiger partial charge < -0.3 is 5.11 Å². The van der Waals surface area contributed by atoms with E-state index in [-0.39, 0.29) is 5.41 Å². The lowest BCUT2D eigenvalue weighted by Crippen LogP contribution is -2.38. The highest BCUT2D eigenvalue weighted by atomic mass is 32.5. The topological polar surface area (TPSA) is 20.2 Å². The van der Waals surface area contributed by atoms with E-state index >= 15 is 0 Å². The Balaban J connectivity index is 0.000000409. The van der Waals surface area contributed by atoms with Crippen molar-refractivity contribution in [2.45, 2.75) is 58.0 Å². The van der Waals surface area contributed by atoms with Gasteiger partial charge in [0, 0.05) is 0 Å². The Hall–Kier alpha value is -0.820. The number of hydrogen-bond acceptors (Lipinski definition) is 1. The van der Waals surface area contributed by atoms with Gasteiger partial charge in [-0.3, -0.25) is 0 Å². The van der Waals surface area contributed by atoms with Crippen LogP contribution in [0.4, 0.5) is 19.4 Å². The van der Waals surface area contributed by atoms with Crippen molar-refractivity contribution < 1.29 is 24.5 Å². The summed E-state index contributed by atoms with van der Waals surface area (Å²) in [5.41, 5.74) is -0.509. The maximum atomic E-state index is 11.9. The zero-order chi connectivity index (χ0) is 17.9. The molecule has 0 spiro atoms. The Morgan fingerprint density at radius 2 is 1.32 bits per heavy atom. The van der Waals surface area contributed by atoms with Gasteiger partial charge in [0.15, 0.2) is 0 Å². The van der Waals surface area contributed by atoms with Gasteiger partial charge >= 0.3 is 10.2 Å². The highest BCUT2D eigenvalue weighted by molar-refractivity contribution is 8.45. The van der Waals surface area contributed by atoms with Crippen molar-refractivity contribution in [3.63, 3.8) is 0 Å². The Morgan fingerprint density at radius 1 is 0.909 bits per heavy atom. The second-order valence-corrected chi connectivity index (χ2v) is 8.88. The molecule has 0 radical (unpaired) electrons. The molecular weight excluding hydrogens is 323 g/mol. The number of hydrogen-bond donors (Lipinski definition) is 1. The smallest absolute Gasteiger partial charge is 0.310 e. The summed E-state index contributed by atoms with van der Waals surface area (Å²) in [7, 11) is -9.43. The molecule has 0 bridgehead atoms. The number of benzene rings is 1. The molecule has 0 saturated carbocycles. The van der Waals surface area contributed by atoms with Crippen LogP contribution in [0.5, 0.6) is 0 Å². The highest BCUT2D eigenvalue weighted by Gasteiger charge is 2.65. The predicted molar refractivity (Wildman–Crippen MR) is 82.8 cm³/mol. The van der Waals surface area contributed by atoms with Crippen LogP contribution in [-0.4, -0.2) is 10.7 Å². The Labute approximate surface area is 129 Å². The van der Waals surface area contributed by atoms with Crippen molar-refractivity contribution in [3.8, 4) is 0 Å². The molecule has 1 aromatic rings. The van der Waals surface area contributed by atoms with Crippen LogP contribution in [0.2, 0.25) is 0 Å². The van der Waals surface area contributed by atoms with Gasteiger partial charge in [-0.1, -0.05) is 64.8 Å². The fourth-order valence-electron chi connectivity index (χ4n) is 1.61. The van der Waals surface area contributed by atoms with E-state index < -0.39 is 20.7 Å². The Bertz CT molecular complexity index is 474. The van der Waals surface area contributed by atoms with E-state index in [0.29, 0.717) is 12.1 Å². The van der Waals surface area contributed by atoms with E-state index in [1.165, 1.54) is 6.07 Å². The first kappa shape index (κ1) is 21.2. The maximum Gasteiger partial charge on any atom is 0.310 e. The van der Waals surface area contributed by atoms with Crippen molar-refractivity contribution >= 4 is 10.2 Å². The maximum absolute atomic E-state index is 11.9. The first-order valence-corrected chi connectivity index (χ1v) is 8.87. The zero-order valence-corrected chi connectivity index (χ0v) is 14.4. The molecule has 0 aliphatic carbocycles. The molecule has 0 aromatic heterocycles. The molecule has 0 saturated heterocycles. The van der Waals surface area contributed by atoms with Gasteiger partial charge in [-0.15, -0.1) is 0 Å². The fourth-order valence-corrected chi connectivity index (χ4v) is 2.28. The summed E-state index contributed by atoms with van der Waals surface area (Å²) in [5, 5.41) is 9.68. The predicted octanol–water partition coefficient (Wildman–Crippen LogP) is 6.93. The van der Waals surface area contributed by atoms with Crippen molar-refractivity contribution in [1.82, 2.24) is 0 Å². The summed E-state index contributed by atoms with van der Waals surface area (Å²) in [6.45, 7) is 10.1. The summed E-state index contributed by atoms with van der Waals surface area (Å²) in [6.07, 6.45) is 2.22. The highest BCUT2D eigenvalue weighted by Crippen LogP contribution is 3.02. The largest absolute Gasteiger partial charge is 0.390 e. The van der Waals surface area contributed by atoms with E-state index in [4.69, 9.17) is 0 Å². The van der Waals surface area contributed by atoms with Gasteiger partial charge in [0.25, 0.3) is 0 Å². The lowest BCUT2D eigenvalue weighted by atomic mass is 9.74. The summed E-state index contributed by atoms with van der Waals surface area (Å²) in [5.74, 6) is 0. The average Bonchev–Trinajstić information content (AvgIpc) is 2.26. The van der Waals surface area contributed by atoms with Crippen molar-refractivity contribution in [3.05, 3.63) is 30.3 Å². The van der Waals surface area contributed by atoms with Crippen LogP contribution in [-0.2, 0) is 0 Å². The van der Waals surface area contributed by atoms with E-state index in [9.17, 15) is 24.5 Å². The minimum Gasteiger partial charge on any atom is -0.390 e. The van der Waals surface area contributed by atoms with Crippen molar-refractivity contribution in [1.29, 1.82) is 0 Å². The third-order valence-corrected chi connectivity index (χ3v) is 4.88. The summed E-state index contributed by atoms with van der Waals surface area (Å²) >= 11 is 0. The molecule has 0 heterocycles. The second kappa shape index (κ2) is 5.67. The van der Waals surface area contributed by atoms with Gasteiger partial charge in [-0.25, -0.2) is 0 Å². The molecule has 1 rings (SSSR count). The molecule has 22 heavy (non-hydrogen) atoms. The minimum atomic E-state index is -9.43. The normalized spacial score (nSPS) is 16.1. The van der Waals surface area contributed by atoms with Crippen LogP contribution in [0.15, 0.2) is 35.2 Å². The Kier molecular flexibility index (Phi) is 5.46. The lowest BCUT2D eigenvalue weighted by Gasteiger charge is -2.40. The van der Waals surface area contributed by atoms with Crippen LogP contribution in [0.25, 0.3) is 0 Å².